The van der Waals surface area contributed by atoms with Crippen molar-refractivity contribution in [3.05, 3.63) is 41.0 Å². The van der Waals surface area contributed by atoms with Crippen LogP contribution in [-0.2, 0) is 6.18 Å². The van der Waals surface area contributed by atoms with Gasteiger partial charge in [-0.1, -0.05) is 0 Å². The molecule has 0 atom stereocenters. The number of aromatic hydroxyl groups is 1. The molecule has 3 nitrogen and oxygen atoms in total. The Hall–Kier alpha value is -2.19. The highest BCUT2D eigenvalue weighted by Gasteiger charge is 2.35. The fraction of sp³-hybridized carbons (Fsp3) is 0.182. The zero-order chi connectivity index (χ0) is 15.2. The van der Waals surface area contributed by atoms with Gasteiger partial charge in [-0.3, -0.25) is 0 Å². The first-order chi connectivity index (χ1) is 9.12. The molecule has 9 heteroatoms. The zero-order valence-electron chi connectivity index (χ0n) is 9.76. The highest BCUT2D eigenvalue weighted by molar-refractivity contribution is 5.44. The summed E-state index contributed by atoms with van der Waals surface area (Å²) in [6.45, 7) is 1.13. The molecule has 1 aromatic heterocycles. The van der Waals surface area contributed by atoms with Gasteiger partial charge < -0.3 is 5.11 Å². The lowest BCUT2D eigenvalue weighted by molar-refractivity contribution is -0.141. The van der Waals surface area contributed by atoms with Crippen LogP contribution < -0.4 is 0 Å². The first-order valence-corrected chi connectivity index (χ1v) is 5.13. The lowest BCUT2D eigenvalue weighted by Crippen LogP contribution is -2.10. The summed E-state index contributed by atoms with van der Waals surface area (Å²) in [6, 6.07) is 0.724. The van der Waals surface area contributed by atoms with E-state index in [9.17, 15) is 26.3 Å². The van der Waals surface area contributed by atoms with Gasteiger partial charge in [-0.05, 0) is 13.0 Å². The molecule has 0 unspecified atom stereocenters. The van der Waals surface area contributed by atoms with E-state index in [4.69, 9.17) is 5.11 Å². The number of rotatable bonds is 1. The molecule has 0 saturated carbocycles. The first-order valence-electron chi connectivity index (χ1n) is 5.13. The molecule has 1 heterocycles. The van der Waals surface area contributed by atoms with Gasteiger partial charge in [0, 0.05) is 11.8 Å². The van der Waals surface area contributed by atoms with E-state index in [0.29, 0.717) is 10.7 Å². The van der Waals surface area contributed by atoms with Crippen LogP contribution in [0.4, 0.5) is 26.3 Å². The zero-order valence-corrected chi connectivity index (χ0v) is 9.76. The van der Waals surface area contributed by atoms with E-state index in [1.54, 1.807) is 0 Å². The Labute approximate surface area is 108 Å². The third kappa shape index (κ3) is 2.19. The van der Waals surface area contributed by atoms with E-state index in [-0.39, 0.29) is 11.8 Å². The van der Waals surface area contributed by atoms with Crippen LogP contribution in [0.1, 0.15) is 11.4 Å². The Balaban J connectivity index is 2.70. The predicted molar refractivity (Wildman–Crippen MR) is 54.8 cm³/mol. The van der Waals surface area contributed by atoms with E-state index in [1.165, 1.54) is 0 Å². The largest absolute Gasteiger partial charge is 0.503 e. The minimum Gasteiger partial charge on any atom is -0.503 e. The van der Waals surface area contributed by atoms with Crippen molar-refractivity contribution in [2.75, 3.05) is 0 Å². The van der Waals surface area contributed by atoms with Gasteiger partial charge in [0.05, 0.1) is 0 Å². The molecule has 2 aromatic rings. The summed E-state index contributed by atoms with van der Waals surface area (Å²) in [5, 5.41) is 12.1. The third-order valence-electron chi connectivity index (χ3n) is 2.51. The van der Waals surface area contributed by atoms with E-state index < -0.39 is 40.8 Å². The summed E-state index contributed by atoms with van der Waals surface area (Å²) in [5.41, 5.74) is -2.68. The lowest BCUT2D eigenvalue weighted by atomic mass is 10.2. The second kappa shape index (κ2) is 4.43. The van der Waals surface area contributed by atoms with Crippen molar-refractivity contribution in [3.8, 4) is 11.4 Å². The van der Waals surface area contributed by atoms with Gasteiger partial charge in [-0.2, -0.15) is 18.3 Å². The first kappa shape index (κ1) is 14.2. The summed E-state index contributed by atoms with van der Waals surface area (Å²) < 4.78 is 77.8. The van der Waals surface area contributed by atoms with Crippen molar-refractivity contribution in [1.82, 2.24) is 9.78 Å². The third-order valence-corrected chi connectivity index (χ3v) is 2.51. The molecule has 0 aliphatic rings. The number of halogens is 6. The molecule has 0 radical (unpaired) electrons. The van der Waals surface area contributed by atoms with Crippen molar-refractivity contribution in [1.29, 1.82) is 0 Å². The number of hydrogen-bond donors (Lipinski definition) is 1. The Bertz CT molecular complexity index is 677. The average Bonchev–Trinajstić information content (AvgIpc) is 2.69. The van der Waals surface area contributed by atoms with Crippen molar-refractivity contribution < 1.29 is 31.4 Å². The lowest BCUT2D eigenvalue weighted by Gasteiger charge is -2.09. The van der Waals surface area contributed by atoms with Crippen LogP contribution in [0.15, 0.2) is 12.1 Å². The molecule has 1 N–H and O–H groups in total. The number of phenols is 1. The number of hydrogen-bond acceptors (Lipinski definition) is 2. The van der Waals surface area contributed by atoms with Crippen molar-refractivity contribution in [3.63, 3.8) is 0 Å². The van der Waals surface area contributed by atoms with Gasteiger partial charge >= 0.3 is 6.18 Å². The average molecular weight is 296 g/mol. The molecule has 0 aliphatic heterocycles. The summed E-state index contributed by atoms with van der Waals surface area (Å²) >= 11 is 0. The maximum Gasteiger partial charge on any atom is 0.435 e. The molecule has 0 bridgehead atoms. The molecule has 0 aliphatic carbocycles. The van der Waals surface area contributed by atoms with E-state index in [2.05, 4.69) is 5.10 Å². The monoisotopic (exact) mass is 296 g/mol. The van der Waals surface area contributed by atoms with Crippen molar-refractivity contribution in [2.24, 2.45) is 0 Å². The molecule has 1 aromatic carbocycles. The summed E-state index contributed by atoms with van der Waals surface area (Å²) in [5.74, 6) is -6.28. The number of nitrogens with zero attached hydrogens (tertiary/aromatic N) is 2. The van der Waals surface area contributed by atoms with Crippen LogP contribution >= 0.6 is 0 Å². The van der Waals surface area contributed by atoms with Crippen LogP contribution in [0, 0.1) is 24.4 Å². The van der Waals surface area contributed by atoms with E-state index in [0.717, 1.165) is 6.92 Å². The molecular weight excluding hydrogens is 290 g/mol. The number of aryl methyl sites for hydroxylation is 1. The minimum atomic E-state index is -4.80. The quantitative estimate of drug-likeness (QED) is 0.820. The number of phenolic OH excluding ortho intramolecular Hbond substituents is 1. The molecule has 0 spiro atoms. The summed E-state index contributed by atoms with van der Waals surface area (Å²) in [6.07, 6.45) is -4.80. The van der Waals surface area contributed by atoms with Gasteiger partial charge in [0.15, 0.2) is 28.9 Å². The summed E-state index contributed by atoms with van der Waals surface area (Å²) in [7, 11) is 0. The molecular formula is C11H6F6N2O. The molecule has 20 heavy (non-hydrogen) atoms. The van der Waals surface area contributed by atoms with Crippen LogP contribution in [0.2, 0.25) is 0 Å². The molecule has 0 saturated heterocycles. The van der Waals surface area contributed by atoms with Gasteiger partial charge in [0.2, 0.25) is 0 Å². The minimum absolute atomic E-state index is 0.155. The molecule has 108 valence electrons. The van der Waals surface area contributed by atoms with E-state index in [1.807, 2.05) is 0 Å². The SMILES string of the molecule is Cc1cc(C(F)(F)F)nn1-c1c(F)cc(F)c(O)c1F. The normalized spacial score (nSPS) is 11.9. The summed E-state index contributed by atoms with van der Waals surface area (Å²) in [4.78, 5) is 0. The van der Waals surface area contributed by atoms with Gasteiger partial charge in [0.1, 0.15) is 5.69 Å². The number of aromatic nitrogens is 2. The van der Waals surface area contributed by atoms with Gasteiger partial charge in [-0.15, -0.1) is 0 Å². The predicted octanol–water partition coefficient (Wildman–Crippen LogP) is 3.32. The van der Waals surface area contributed by atoms with Crippen molar-refractivity contribution >= 4 is 0 Å². The highest BCUT2D eigenvalue weighted by Crippen LogP contribution is 2.32. The Kier molecular flexibility index (Phi) is 3.15. The van der Waals surface area contributed by atoms with Crippen molar-refractivity contribution in [2.45, 2.75) is 13.1 Å². The van der Waals surface area contributed by atoms with Crippen LogP contribution in [0.5, 0.6) is 5.75 Å². The van der Waals surface area contributed by atoms with Gasteiger partial charge in [-0.25, -0.2) is 17.9 Å². The number of benzene rings is 1. The maximum atomic E-state index is 13.6. The van der Waals surface area contributed by atoms with Crippen LogP contribution in [0.3, 0.4) is 0 Å². The van der Waals surface area contributed by atoms with Gasteiger partial charge in [0.25, 0.3) is 0 Å². The Morgan fingerprint density at radius 3 is 2.20 bits per heavy atom. The molecule has 2 rings (SSSR count). The van der Waals surface area contributed by atoms with Crippen LogP contribution in [-0.4, -0.2) is 14.9 Å². The topological polar surface area (TPSA) is 38.0 Å². The fourth-order valence-corrected chi connectivity index (χ4v) is 1.60. The number of alkyl halides is 3. The van der Waals surface area contributed by atoms with E-state index >= 15 is 0 Å². The molecule has 0 fully saturated rings. The fourth-order valence-electron chi connectivity index (χ4n) is 1.60. The molecule has 0 amide bonds. The standard InChI is InChI=1S/C11H6F6N2O/c1-4-2-7(11(15,16)17)18-19(4)9-5(12)3-6(13)10(20)8(9)14/h2-3,20H,1H3. The maximum absolute atomic E-state index is 13.6. The second-order valence-corrected chi connectivity index (χ2v) is 3.93. The Morgan fingerprint density at radius 2 is 1.70 bits per heavy atom. The van der Waals surface area contributed by atoms with Crippen LogP contribution in [0.25, 0.3) is 5.69 Å². The highest BCUT2D eigenvalue weighted by atomic mass is 19.4. The Morgan fingerprint density at radius 1 is 1.10 bits per heavy atom. The smallest absolute Gasteiger partial charge is 0.435 e. The second-order valence-electron chi connectivity index (χ2n) is 3.93.